The minimum Gasteiger partial charge on any atom is -0.469 e. The van der Waals surface area contributed by atoms with Crippen LogP contribution in [0.1, 0.15) is 13.3 Å². The van der Waals surface area contributed by atoms with Crippen LogP contribution < -0.4 is 5.32 Å². The lowest BCUT2D eigenvalue weighted by Gasteiger charge is -2.25. The predicted molar refractivity (Wildman–Crippen MR) is 49.4 cm³/mol. The standard InChI is InChI=1S/C8H15NO2.ClH/c1-6-3-7(5-9-4-6)8(10)11-2;/h6-7,9H,3-5H2,1-2H3;1H/t6-,7-;/m0./s1. The summed E-state index contributed by atoms with van der Waals surface area (Å²) in [6, 6.07) is 0. The van der Waals surface area contributed by atoms with Gasteiger partial charge in [-0.05, 0) is 18.9 Å². The third-order valence-corrected chi connectivity index (χ3v) is 2.10. The van der Waals surface area contributed by atoms with E-state index in [9.17, 15) is 4.79 Å². The Morgan fingerprint density at radius 2 is 2.17 bits per heavy atom. The first kappa shape index (κ1) is 11.7. The van der Waals surface area contributed by atoms with E-state index in [1.807, 2.05) is 0 Å². The average molecular weight is 194 g/mol. The molecule has 0 radical (unpaired) electrons. The monoisotopic (exact) mass is 193 g/mol. The summed E-state index contributed by atoms with van der Waals surface area (Å²) in [4.78, 5) is 11.1. The third-order valence-electron chi connectivity index (χ3n) is 2.10. The lowest BCUT2D eigenvalue weighted by molar-refractivity contribution is -0.146. The normalized spacial score (nSPS) is 28.8. The van der Waals surface area contributed by atoms with Crippen molar-refractivity contribution in [1.29, 1.82) is 0 Å². The molecule has 2 atom stereocenters. The highest BCUT2D eigenvalue weighted by Gasteiger charge is 2.24. The van der Waals surface area contributed by atoms with E-state index in [1.165, 1.54) is 7.11 Å². The Balaban J connectivity index is 0.00000121. The Hall–Kier alpha value is -0.280. The Bertz CT molecular complexity index is 152. The van der Waals surface area contributed by atoms with Crippen LogP contribution in [-0.4, -0.2) is 26.2 Å². The molecule has 3 nitrogen and oxygen atoms in total. The third kappa shape index (κ3) is 2.99. The minimum atomic E-state index is -0.0796. The topological polar surface area (TPSA) is 38.3 Å². The van der Waals surface area contributed by atoms with Gasteiger partial charge in [0.1, 0.15) is 0 Å². The fourth-order valence-electron chi connectivity index (χ4n) is 1.50. The average Bonchev–Trinajstić information content (AvgIpc) is 2.03. The van der Waals surface area contributed by atoms with Crippen LogP contribution >= 0.6 is 12.4 Å². The van der Waals surface area contributed by atoms with Gasteiger partial charge in [0.2, 0.25) is 0 Å². The highest BCUT2D eigenvalue weighted by molar-refractivity contribution is 5.85. The Morgan fingerprint density at radius 3 is 2.67 bits per heavy atom. The van der Waals surface area contributed by atoms with Crippen molar-refractivity contribution in [2.75, 3.05) is 20.2 Å². The molecule has 0 aromatic carbocycles. The van der Waals surface area contributed by atoms with E-state index < -0.39 is 0 Å². The van der Waals surface area contributed by atoms with Crippen molar-refractivity contribution in [2.24, 2.45) is 11.8 Å². The molecule has 1 fully saturated rings. The molecule has 0 aliphatic carbocycles. The molecule has 1 aliphatic rings. The van der Waals surface area contributed by atoms with Gasteiger partial charge in [-0.2, -0.15) is 0 Å². The van der Waals surface area contributed by atoms with E-state index in [2.05, 4.69) is 17.0 Å². The molecule has 0 bridgehead atoms. The summed E-state index contributed by atoms with van der Waals surface area (Å²) < 4.78 is 4.66. The molecular weight excluding hydrogens is 178 g/mol. The SMILES string of the molecule is COC(=O)[C@@H]1CNC[C@@H](C)C1.Cl. The van der Waals surface area contributed by atoms with E-state index in [4.69, 9.17) is 0 Å². The maximum absolute atomic E-state index is 11.1. The molecule has 1 saturated heterocycles. The molecule has 12 heavy (non-hydrogen) atoms. The number of carbonyl (C=O) groups is 1. The highest BCUT2D eigenvalue weighted by Crippen LogP contribution is 2.16. The fraction of sp³-hybridized carbons (Fsp3) is 0.875. The zero-order valence-corrected chi connectivity index (χ0v) is 8.32. The number of ether oxygens (including phenoxy) is 1. The van der Waals surface area contributed by atoms with Crippen molar-refractivity contribution in [3.63, 3.8) is 0 Å². The molecule has 0 spiro atoms. The summed E-state index contributed by atoms with van der Waals surface area (Å²) in [5, 5.41) is 3.20. The molecule has 0 unspecified atom stereocenters. The second-order valence-electron chi connectivity index (χ2n) is 3.22. The van der Waals surface area contributed by atoms with E-state index in [1.54, 1.807) is 0 Å². The van der Waals surface area contributed by atoms with Crippen molar-refractivity contribution in [1.82, 2.24) is 5.32 Å². The molecule has 1 aliphatic heterocycles. The molecule has 1 rings (SSSR count). The molecule has 0 aromatic rings. The van der Waals surface area contributed by atoms with Gasteiger partial charge < -0.3 is 10.1 Å². The number of hydrogen-bond acceptors (Lipinski definition) is 3. The van der Waals surface area contributed by atoms with Gasteiger partial charge in [-0.1, -0.05) is 6.92 Å². The van der Waals surface area contributed by atoms with Crippen molar-refractivity contribution in [3.8, 4) is 0 Å². The number of esters is 1. The number of hydrogen-bond donors (Lipinski definition) is 1. The highest BCUT2D eigenvalue weighted by atomic mass is 35.5. The molecule has 72 valence electrons. The van der Waals surface area contributed by atoms with Gasteiger partial charge >= 0.3 is 5.97 Å². The summed E-state index contributed by atoms with van der Waals surface area (Å²) in [5.41, 5.74) is 0. The molecule has 0 aromatic heterocycles. The van der Waals surface area contributed by atoms with Crippen LogP contribution in [0.5, 0.6) is 0 Å². The van der Waals surface area contributed by atoms with Crippen LogP contribution in [-0.2, 0) is 9.53 Å². The van der Waals surface area contributed by atoms with Gasteiger partial charge in [0.15, 0.2) is 0 Å². The summed E-state index contributed by atoms with van der Waals surface area (Å²) in [6.07, 6.45) is 0.958. The van der Waals surface area contributed by atoms with Crippen LogP contribution in [0.4, 0.5) is 0 Å². The number of halogens is 1. The number of rotatable bonds is 1. The second kappa shape index (κ2) is 5.38. The number of methoxy groups -OCH3 is 1. The first-order chi connectivity index (χ1) is 5.24. The van der Waals surface area contributed by atoms with Gasteiger partial charge in [0.25, 0.3) is 0 Å². The maximum atomic E-state index is 11.1. The smallest absolute Gasteiger partial charge is 0.309 e. The van der Waals surface area contributed by atoms with Crippen LogP contribution in [0, 0.1) is 11.8 Å². The Labute approximate surface area is 79.3 Å². The summed E-state index contributed by atoms with van der Waals surface area (Å²) in [7, 11) is 1.45. The summed E-state index contributed by atoms with van der Waals surface area (Å²) >= 11 is 0. The van der Waals surface area contributed by atoms with Gasteiger partial charge in [-0.15, -0.1) is 12.4 Å². The minimum absolute atomic E-state index is 0. The van der Waals surface area contributed by atoms with Crippen molar-refractivity contribution in [2.45, 2.75) is 13.3 Å². The van der Waals surface area contributed by atoms with Crippen LogP contribution in [0.25, 0.3) is 0 Å². The zero-order valence-electron chi connectivity index (χ0n) is 7.50. The van der Waals surface area contributed by atoms with Gasteiger partial charge in [0.05, 0.1) is 13.0 Å². The lowest BCUT2D eigenvalue weighted by atomic mass is 9.92. The second-order valence-corrected chi connectivity index (χ2v) is 3.22. The first-order valence-electron chi connectivity index (χ1n) is 4.02. The predicted octanol–water partition coefficient (Wildman–Crippen LogP) is 0.827. The van der Waals surface area contributed by atoms with E-state index in [-0.39, 0.29) is 24.3 Å². The Morgan fingerprint density at radius 1 is 1.50 bits per heavy atom. The van der Waals surface area contributed by atoms with Crippen molar-refractivity contribution in [3.05, 3.63) is 0 Å². The Kier molecular flexibility index (Phi) is 5.25. The number of nitrogens with one attached hydrogen (secondary N) is 1. The van der Waals surface area contributed by atoms with E-state index in [0.717, 1.165) is 19.5 Å². The number of piperidine rings is 1. The molecule has 0 saturated carbocycles. The molecule has 0 amide bonds. The van der Waals surface area contributed by atoms with Gasteiger partial charge in [-0.3, -0.25) is 4.79 Å². The molecule has 1 heterocycles. The number of carbonyl (C=O) groups excluding carboxylic acids is 1. The maximum Gasteiger partial charge on any atom is 0.309 e. The molecular formula is C8H16ClNO2. The molecule has 1 N–H and O–H groups in total. The van der Waals surface area contributed by atoms with E-state index in [0.29, 0.717) is 5.92 Å². The quantitative estimate of drug-likeness (QED) is 0.627. The van der Waals surface area contributed by atoms with Crippen LogP contribution in [0.3, 0.4) is 0 Å². The first-order valence-corrected chi connectivity index (χ1v) is 4.02. The van der Waals surface area contributed by atoms with Crippen molar-refractivity contribution >= 4 is 18.4 Å². The molecule has 4 heteroatoms. The van der Waals surface area contributed by atoms with Gasteiger partial charge in [0, 0.05) is 6.54 Å². The summed E-state index contributed by atoms with van der Waals surface area (Å²) in [6.45, 7) is 3.94. The van der Waals surface area contributed by atoms with Crippen LogP contribution in [0.2, 0.25) is 0 Å². The van der Waals surface area contributed by atoms with E-state index >= 15 is 0 Å². The van der Waals surface area contributed by atoms with Crippen molar-refractivity contribution < 1.29 is 9.53 Å². The van der Waals surface area contributed by atoms with Crippen LogP contribution in [0.15, 0.2) is 0 Å². The zero-order chi connectivity index (χ0) is 8.27. The summed E-state index contributed by atoms with van der Waals surface area (Å²) in [5.74, 6) is 0.584. The largest absolute Gasteiger partial charge is 0.469 e. The fourth-order valence-corrected chi connectivity index (χ4v) is 1.50. The lowest BCUT2D eigenvalue weighted by Crippen LogP contribution is -2.39. The van der Waals surface area contributed by atoms with Gasteiger partial charge in [-0.25, -0.2) is 0 Å².